The van der Waals surface area contributed by atoms with E-state index in [2.05, 4.69) is 22.4 Å². The quantitative estimate of drug-likeness (QED) is 0.773. The molecule has 0 aliphatic carbocycles. The summed E-state index contributed by atoms with van der Waals surface area (Å²) in [5, 5.41) is 3.13. The average molecular weight is 205 g/mol. The van der Waals surface area contributed by atoms with Crippen LogP contribution in [0.15, 0.2) is 29.3 Å². The molecule has 1 aromatic rings. The molecule has 1 aliphatic rings. The number of benzene rings is 1. The molecule has 0 aromatic heterocycles. The molecule has 15 heavy (non-hydrogen) atoms. The van der Waals surface area contributed by atoms with Gasteiger partial charge in [0.05, 0.1) is 6.54 Å². The van der Waals surface area contributed by atoms with Gasteiger partial charge in [-0.2, -0.15) is 0 Å². The molecular formula is C11H15N3O. The van der Waals surface area contributed by atoms with Gasteiger partial charge < -0.3 is 15.8 Å². The Labute approximate surface area is 89.1 Å². The van der Waals surface area contributed by atoms with Gasteiger partial charge in [0.2, 0.25) is 0 Å². The van der Waals surface area contributed by atoms with E-state index in [1.54, 1.807) is 0 Å². The molecule has 0 unspecified atom stereocenters. The molecule has 0 spiro atoms. The summed E-state index contributed by atoms with van der Waals surface area (Å²) in [5.41, 5.74) is 7.73. The normalized spacial score (nSPS) is 14.6. The summed E-state index contributed by atoms with van der Waals surface area (Å²) in [4.78, 5) is 4.17. The number of ether oxygens (including phenoxy) is 1. The lowest BCUT2D eigenvalue weighted by atomic mass is 10.1. The largest absolute Gasteiger partial charge is 0.463 e. The van der Waals surface area contributed by atoms with Crippen LogP contribution in [0.4, 0.5) is 5.69 Å². The van der Waals surface area contributed by atoms with Gasteiger partial charge in [0, 0.05) is 5.69 Å². The van der Waals surface area contributed by atoms with Gasteiger partial charge in [-0.15, -0.1) is 0 Å². The standard InChI is InChI=1S/C11H15N3O/c12-5-4-9-2-1-3-10(8-9)14-11-13-6-7-15-11/h1-3,8H,4-7,12H2,(H,13,14). The first-order valence-corrected chi connectivity index (χ1v) is 5.12. The molecule has 0 saturated heterocycles. The summed E-state index contributed by atoms with van der Waals surface area (Å²) >= 11 is 0. The van der Waals surface area contributed by atoms with Crippen LogP contribution in [0, 0.1) is 0 Å². The molecule has 2 rings (SSSR count). The summed E-state index contributed by atoms with van der Waals surface area (Å²) in [6.07, 6.45) is 0.892. The molecule has 4 nitrogen and oxygen atoms in total. The first kappa shape index (κ1) is 9.98. The van der Waals surface area contributed by atoms with Crippen LogP contribution in [0.1, 0.15) is 5.56 Å². The highest BCUT2D eigenvalue weighted by Gasteiger charge is 2.06. The van der Waals surface area contributed by atoms with E-state index in [0.717, 1.165) is 18.7 Å². The molecule has 1 aromatic carbocycles. The van der Waals surface area contributed by atoms with E-state index >= 15 is 0 Å². The first-order valence-electron chi connectivity index (χ1n) is 5.12. The second-order valence-corrected chi connectivity index (χ2v) is 3.40. The minimum atomic E-state index is 0.611. The lowest BCUT2D eigenvalue weighted by Gasteiger charge is -2.07. The monoisotopic (exact) mass is 205 g/mol. The second-order valence-electron chi connectivity index (χ2n) is 3.40. The van der Waals surface area contributed by atoms with Crippen LogP contribution in [-0.2, 0) is 11.2 Å². The van der Waals surface area contributed by atoms with Gasteiger partial charge in [0.15, 0.2) is 0 Å². The molecule has 0 saturated carbocycles. The van der Waals surface area contributed by atoms with Gasteiger partial charge in [-0.25, -0.2) is 4.99 Å². The van der Waals surface area contributed by atoms with Crippen molar-refractivity contribution in [1.29, 1.82) is 0 Å². The molecule has 0 radical (unpaired) electrons. The fraction of sp³-hybridized carbons (Fsp3) is 0.364. The number of nitrogens with two attached hydrogens (primary N) is 1. The molecule has 80 valence electrons. The third-order valence-corrected chi connectivity index (χ3v) is 2.20. The third kappa shape index (κ3) is 2.70. The summed E-state index contributed by atoms with van der Waals surface area (Å²) in [7, 11) is 0. The van der Waals surface area contributed by atoms with Gasteiger partial charge in [-0.3, -0.25) is 0 Å². The Morgan fingerprint density at radius 3 is 3.13 bits per heavy atom. The topological polar surface area (TPSA) is 59.6 Å². The molecule has 4 heteroatoms. The van der Waals surface area contributed by atoms with Crippen molar-refractivity contribution >= 4 is 11.7 Å². The van der Waals surface area contributed by atoms with Crippen LogP contribution < -0.4 is 11.1 Å². The number of nitrogens with one attached hydrogen (secondary N) is 1. The van der Waals surface area contributed by atoms with Crippen LogP contribution in [-0.4, -0.2) is 25.7 Å². The molecular weight excluding hydrogens is 190 g/mol. The molecule has 1 heterocycles. The van der Waals surface area contributed by atoms with E-state index < -0.39 is 0 Å². The number of aliphatic imine (C=N–C) groups is 1. The number of amidine groups is 1. The molecule has 1 aliphatic heterocycles. The van der Waals surface area contributed by atoms with Gasteiger partial charge in [0.25, 0.3) is 6.02 Å². The Hall–Kier alpha value is -1.55. The van der Waals surface area contributed by atoms with Crippen molar-refractivity contribution in [3.63, 3.8) is 0 Å². The molecule has 0 fully saturated rings. The highest BCUT2D eigenvalue weighted by atomic mass is 16.5. The minimum absolute atomic E-state index is 0.611. The summed E-state index contributed by atoms with van der Waals surface area (Å²) in [5.74, 6) is 0. The van der Waals surface area contributed by atoms with E-state index in [9.17, 15) is 0 Å². The summed E-state index contributed by atoms with van der Waals surface area (Å²) in [6, 6.07) is 8.74. The fourth-order valence-electron chi connectivity index (χ4n) is 1.51. The maximum absolute atomic E-state index is 5.51. The van der Waals surface area contributed by atoms with Crippen LogP contribution in [0.3, 0.4) is 0 Å². The van der Waals surface area contributed by atoms with Crippen molar-refractivity contribution in [2.24, 2.45) is 10.7 Å². The van der Waals surface area contributed by atoms with Crippen molar-refractivity contribution in [1.82, 2.24) is 0 Å². The van der Waals surface area contributed by atoms with Crippen molar-refractivity contribution in [3.8, 4) is 0 Å². The Balaban J connectivity index is 2.04. The summed E-state index contributed by atoms with van der Waals surface area (Å²) in [6.45, 7) is 2.08. The Morgan fingerprint density at radius 1 is 1.47 bits per heavy atom. The van der Waals surface area contributed by atoms with Crippen LogP contribution >= 0.6 is 0 Å². The fourth-order valence-corrected chi connectivity index (χ4v) is 1.51. The Bertz CT molecular complexity index is 363. The van der Waals surface area contributed by atoms with Crippen molar-refractivity contribution in [3.05, 3.63) is 29.8 Å². The van der Waals surface area contributed by atoms with Crippen molar-refractivity contribution in [2.45, 2.75) is 6.42 Å². The number of nitrogens with zero attached hydrogens (tertiary/aromatic N) is 1. The van der Waals surface area contributed by atoms with E-state index in [0.29, 0.717) is 19.2 Å². The molecule has 0 bridgehead atoms. The zero-order chi connectivity index (χ0) is 10.5. The smallest absolute Gasteiger partial charge is 0.289 e. The number of rotatable bonds is 3. The lowest BCUT2D eigenvalue weighted by Crippen LogP contribution is -2.12. The van der Waals surface area contributed by atoms with Crippen LogP contribution in [0.2, 0.25) is 0 Å². The van der Waals surface area contributed by atoms with Crippen LogP contribution in [0.25, 0.3) is 0 Å². The maximum atomic E-state index is 5.51. The first-order chi connectivity index (χ1) is 7.38. The zero-order valence-corrected chi connectivity index (χ0v) is 8.57. The zero-order valence-electron chi connectivity index (χ0n) is 8.57. The number of anilines is 1. The van der Waals surface area contributed by atoms with Gasteiger partial charge in [0.1, 0.15) is 6.61 Å². The van der Waals surface area contributed by atoms with Gasteiger partial charge in [-0.05, 0) is 30.7 Å². The average Bonchev–Trinajstić information content (AvgIpc) is 2.71. The van der Waals surface area contributed by atoms with Gasteiger partial charge in [-0.1, -0.05) is 12.1 Å². The third-order valence-electron chi connectivity index (χ3n) is 2.20. The Kier molecular flexibility index (Phi) is 3.19. The van der Waals surface area contributed by atoms with Gasteiger partial charge >= 0.3 is 0 Å². The highest BCUT2D eigenvalue weighted by molar-refractivity contribution is 5.89. The summed E-state index contributed by atoms with van der Waals surface area (Å²) < 4.78 is 5.27. The molecule has 0 atom stereocenters. The predicted molar refractivity (Wildman–Crippen MR) is 61.1 cm³/mol. The SMILES string of the molecule is NCCc1cccc(NC2=NCCO2)c1. The second kappa shape index (κ2) is 4.79. The molecule has 3 N–H and O–H groups in total. The minimum Gasteiger partial charge on any atom is -0.463 e. The van der Waals surface area contributed by atoms with E-state index in [1.165, 1.54) is 5.56 Å². The number of hydrogen-bond acceptors (Lipinski definition) is 4. The van der Waals surface area contributed by atoms with Crippen molar-refractivity contribution < 1.29 is 4.74 Å². The number of hydrogen-bond donors (Lipinski definition) is 2. The molecule has 0 amide bonds. The predicted octanol–water partition coefficient (Wildman–Crippen LogP) is 0.986. The van der Waals surface area contributed by atoms with Crippen LogP contribution in [0.5, 0.6) is 0 Å². The Morgan fingerprint density at radius 2 is 2.40 bits per heavy atom. The highest BCUT2D eigenvalue weighted by Crippen LogP contribution is 2.12. The van der Waals surface area contributed by atoms with E-state index in [-0.39, 0.29) is 0 Å². The van der Waals surface area contributed by atoms with E-state index in [1.807, 2.05) is 12.1 Å². The maximum Gasteiger partial charge on any atom is 0.289 e. The lowest BCUT2D eigenvalue weighted by molar-refractivity contribution is 0.346. The van der Waals surface area contributed by atoms with E-state index in [4.69, 9.17) is 10.5 Å². The van der Waals surface area contributed by atoms with Crippen molar-refractivity contribution in [2.75, 3.05) is 25.0 Å².